The van der Waals surface area contributed by atoms with Crippen LogP contribution in [0, 0.1) is 0 Å². The molecule has 0 saturated carbocycles. The molecule has 3 aromatic rings. The number of fused-ring (bicyclic) bond motifs is 2. The number of nitrogens with one attached hydrogen (secondary N) is 2. The first-order valence-electron chi connectivity index (χ1n) is 10.8. The number of aliphatic hydroxyl groups excluding tert-OH is 1. The molecule has 3 heterocycles. The van der Waals surface area contributed by atoms with Crippen LogP contribution in [0.3, 0.4) is 0 Å². The summed E-state index contributed by atoms with van der Waals surface area (Å²) < 4.78 is 11.8. The van der Waals surface area contributed by atoms with Crippen LogP contribution >= 0.6 is 34.8 Å². The quantitative estimate of drug-likeness (QED) is 0.450. The maximum atomic E-state index is 10.7. The zero-order chi connectivity index (χ0) is 23.5. The fourth-order valence-electron chi connectivity index (χ4n) is 4.03. The van der Waals surface area contributed by atoms with E-state index in [1.54, 1.807) is 12.1 Å². The van der Waals surface area contributed by atoms with Crippen molar-refractivity contribution in [3.63, 3.8) is 0 Å². The maximum Gasteiger partial charge on any atom is 0.323 e. The minimum absolute atomic E-state index is 0.152. The van der Waals surface area contributed by atoms with Crippen molar-refractivity contribution in [2.24, 2.45) is 0 Å². The van der Waals surface area contributed by atoms with Crippen molar-refractivity contribution < 1.29 is 14.6 Å². The SMILES string of the molecule is CC1Oc2cc(Cl)c(Cl)cc2OC1C(O)CN1CCC(Cl)CC1.O=c1[nH]c2ccccc2[nH]1. The van der Waals surface area contributed by atoms with Crippen LogP contribution < -0.4 is 15.2 Å². The lowest BCUT2D eigenvalue weighted by Crippen LogP contribution is -2.51. The van der Waals surface area contributed by atoms with Gasteiger partial charge < -0.3 is 29.4 Å². The lowest BCUT2D eigenvalue weighted by Gasteiger charge is -2.37. The van der Waals surface area contributed by atoms with Crippen LogP contribution in [0.25, 0.3) is 11.0 Å². The van der Waals surface area contributed by atoms with Gasteiger partial charge in [0, 0.05) is 24.1 Å². The van der Waals surface area contributed by atoms with Crippen LogP contribution in [0.4, 0.5) is 0 Å². The molecule has 3 atom stereocenters. The number of halogens is 3. The average molecular weight is 515 g/mol. The predicted molar refractivity (Wildman–Crippen MR) is 131 cm³/mol. The Bertz CT molecular complexity index is 1110. The van der Waals surface area contributed by atoms with Gasteiger partial charge in [-0.05, 0) is 45.0 Å². The minimum atomic E-state index is -0.653. The molecule has 7 nitrogen and oxygen atoms in total. The van der Waals surface area contributed by atoms with Gasteiger partial charge >= 0.3 is 5.69 Å². The smallest absolute Gasteiger partial charge is 0.323 e. The van der Waals surface area contributed by atoms with E-state index in [1.807, 2.05) is 31.2 Å². The summed E-state index contributed by atoms with van der Waals surface area (Å²) in [6.07, 6.45) is 0.513. The molecule has 2 aliphatic heterocycles. The van der Waals surface area contributed by atoms with Crippen LogP contribution in [0.15, 0.2) is 41.2 Å². The van der Waals surface area contributed by atoms with Crippen LogP contribution in [0.2, 0.25) is 10.0 Å². The lowest BCUT2D eigenvalue weighted by atomic mass is 10.0. The van der Waals surface area contributed by atoms with Gasteiger partial charge in [-0.25, -0.2) is 4.79 Å². The first-order valence-corrected chi connectivity index (χ1v) is 12.0. The van der Waals surface area contributed by atoms with Crippen molar-refractivity contribution in [1.82, 2.24) is 14.9 Å². The number of likely N-dealkylation sites (tertiary alicyclic amines) is 1. The molecule has 10 heteroatoms. The highest BCUT2D eigenvalue weighted by Gasteiger charge is 2.35. The highest BCUT2D eigenvalue weighted by atomic mass is 35.5. The Morgan fingerprint density at radius 3 is 2.18 bits per heavy atom. The summed E-state index contributed by atoms with van der Waals surface area (Å²) >= 11 is 18.1. The van der Waals surface area contributed by atoms with Gasteiger partial charge in [0.2, 0.25) is 0 Å². The van der Waals surface area contributed by atoms with E-state index in [0.717, 1.165) is 37.0 Å². The second kappa shape index (κ2) is 10.6. The summed E-state index contributed by atoms with van der Waals surface area (Å²) in [4.78, 5) is 18.2. The molecule has 3 N–H and O–H groups in total. The normalized spacial score (nSPS) is 22.0. The Labute approximate surface area is 206 Å². The largest absolute Gasteiger partial charge is 0.483 e. The van der Waals surface area contributed by atoms with Gasteiger partial charge in [-0.1, -0.05) is 35.3 Å². The molecule has 5 rings (SSSR count). The van der Waals surface area contributed by atoms with Crippen LogP contribution in [-0.2, 0) is 0 Å². The third-order valence-corrected chi connectivity index (χ3v) is 6.95. The lowest BCUT2D eigenvalue weighted by molar-refractivity contribution is -0.0590. The number of nitrogens with zero attached hydrogens (tertiary/aromatic N) is 1. The fourth-order valence-corrected chi connectivity index (χ4v) is 4.53. The molecule has 0 bridgehead atoms. The summed E-state index contributed by atoms with van der Waals surface area (Å²) in [5.41, 5.74) is 1.56. The van der Waals surface area contributed by atoms with E-state index in [-0.39, 0.29) is 17.2 Å². The fraction of sp³-hybridized carbons (Fsp3) is 0.435. The molecule has 3 unspecified atom stereocenters. The number of aromatic nitrogens is 2. The van der Waals surface area contributed by atoms with Crippen LogP contribution in [0.1, 0.15) is 19.8 Å². The molecule has 178 valence electrons. The average Bonchev–Trinajstić information content (AvgIpc) is 3.16. The van der Waals surface area contributed by atoms with Gasteiger partial charge in [-0.2, -0.15) is 0 Å². The molecule has 1 saturated heterocycles. The van der Waals surface area contributed by atoms with Crippen molar-refractivity contribution in [1.29, 1.82) is 0 Å². The van der Waals surface area contributed by atoms with Crippen molar-refractivity contribution in [3.05, 3.63) is 56.9 Å². The van der Waals surface area contributed by atoms with Crippen molar-refractivity contribution in [3.8, 4) is 11.5 Å². The number of aliphatic hydroxyl groups is 1. The second-order valence-corrected chi connectivity index (χ2v) is 9.72. The highest BCUT2D eigenvalue weighted by Crippen LogP contribution is 2.40. The third-order valence-electron chi connectivity index (χ3n) is 5.79. The van der Waals surface area contributed by atoms with Gasteiger partial charge in [0.25, 0.3) is 0 Å². The number of imidazole rings is 1. The number of aromatic amines is 2. The van der Waals surface area contributed by atoms with E-state index in [4.69, 9.17) is 44.3 Å². The number of para-hydroxylation sites is 2. The maximum absolute atomic E-state index is 10.7. The summed E-state index contributed by atoms with van der Waals surface area (Å²) in [6, 6.07) is 10.7. The number of H-pyrrole nitrogens is 2. The van der Waals surface area contributed by atoms with E-state index in [1.165, 1.54) is 0 Å². The molecule has 0 amide bonds. The van der Waals surface area contributed by atoms with E-state index < -0.39 is 12.2 Å². The first-order chi connectivity index (χ1) is 15.8. The van der Waals surface area contributed by atoms with Crippen LogP contribution in [0.5, 0.6) is 11.5 Å². The predicted octanol–water partition coefficient (Wildman–Crippen LogP) is 4.44. The first kappa shape index (κ1) is 24.2. The van der Waals surface area contributed by atoms with Gasteiger partial charge in [0.15, 0.2) is 17.6 Å². The Morgan fingerprint density at radius 2 is 1.61 bits per heavy atom. The van der Waals surface area contributed by atoms with E-state index >= 15 is 0 Å². The molecule has 0 aliphatic carbocycles. The standard InChI is InChI=1S/C16H20Cl3NO3.C7H6N2O/c1-9-16(13(21)8-20-4-2-10(17)3-5-20)23-15-7-12(19)11(18)6-14(15)22-9;10-7-8-5-3-1-2-4-6(5)9-7/h6-7,9-10,13,16,21H,2-5,8H2,1H3;1-4H,(H2,8,9,10). The summed E-state index contributed by atoms with van der Waals surface area (Å²) in [6.45, 7) is 4.21. The van der Waals surface area contributed by atoms with Crippen molar-refractivity contribution in [2.45, 2.75) is 43.5 Å². The number of rotatable bonds is 3. The number of piperidine rings is 1. The van der Waals surface area contributed by atoms with Crippen molar-refractivity contribution >= 4 is 45.8 Å². The molecule has 0 radical (unpaired) electrons. The monoisotopic (exact) mass is 513 g/mol. The Morgan fingerprint density at radius 1 is 1.06 bits per heavy atom. The topological polar surface area (TPSA) is 90.6 Å². The number of hydrogen-bond acceptors (Lipinski definition) is 5. The Kier molecular flexibility index (Phi) is 7.76. The molecular weight excluding hydrogens is 489 g/mol. The number of hydrogen-bond donors (Lipinski definition) is 3. The molecule has 1 aromatic heterocycles. The minimum Gasteiger partial charge on any atom is -0.483 e. The van der Waals surface area contributed by atoms with Gasteiger partial charge in [-0.15, -0.1) is 11.6 Å². The van der Waals surface area contributed by atoms with E-state index in [2.05, 4.69) is 14.9 Å². The van der Waals surface area contributed by atoms with Gasteiger partial charge in [0.05, 0.1) is 21.1 Å². The van der Waals surface area contributed by atoms with E-state index in [9.17, 15) is 9.90 Å². The number of β-amino-alcohol motifs (C(OH)–C–C–N with tert-alkyl or cyclic N) is 1. The number of ether oxygens (including phenoxy) is 2. The van der Waals surface area contributed by atoms with Gasteiger partial charge in [-0.3, -0.25) is 0 Å². The Balaban J connectivity index is 0.000000214. The molecular formula is C23H26Cl3N3O4. The van der Waals surface area contributed by atoms with E-state index in [0.29, 0.717) is 28.1 Å². The summed E-state index contributed by atoms with van der Waals surface area (Å²) in [7, 11) is 0. The number of alkyl halides is 1. The van der Waals surface area contributed by atoms with Crippen molar-refractivity contribution in [2.75, 3.05) is 19.6 Å². The zero-order valence-corrected chi connectivity index (χ0v) is 20.3. The third kappa shape index (κ3) is 5.97. The molecule has 33 heavy (non-hydrogen) atoms. The number of benzene rings is 2. The molecule has 1 fully saturated rings. The summed E-state index contributed by atoms with van der Waals surface area (Å²) in [5, 5.41) is 11.6. The molecule has 0 spiro atoms. The Hall–Kier alpha value is -1.90. The molecule has 2 aliphatic rings. The summed E-state index contributed by atoms with van der Waals surface area (Å²) in [5.74, 6) is 1.07. The second-order valence-electron chi connectivity index (χ2n) is 8.29. The molecule has 2 aromatic carbocycles. The van der Waals surface area contributed by atoms with Crippen LogP contribution in [-0.4, -0.2) is 63.3 Å². The van der Waals surface area contributed by atoms with Gasteiger partial charge in [0.1, 0.15) is 12.2 Å². The zero-order valence-electron chi connectivity index (χ0n) is 18.1. The highest BCUT2D eigenvalue weighted by molar-refractivity contribution is 6.42.